The lowest BCUT2D eigenvalue weighted by molar-refractivity contribution is 0.0887. The van der Waals surface area contributed by atoms with Gasteiger partial charge >= 0.3 is 0 Å². The fourth-order valence-electron chi connectivity index (χ4n) is 2.38. The van der Waals surface area contributed by atoms with Crippen LogP contribution in [0.2, 0.25) is 0 Å². The number of aromatic hydroxyl groups is 1. The summed E-state index contributed by atoms with van der Waals surface area (Å²) < 4.78 is 0. The third kappa shape index (κ3) is 2.91. The number of likely N-dealkylation sites (tertiary alicyclic amines) is 1. The molecule has 108 valence electrons. The van der Waals surface area contributed by atoms with Gasteiger partial charge in [-0.2, -0.15) is 0 Å². The maximum absolute atomic E-state index is 12.3. The first-order valence-electron chi connectivity index (χ1n) is 6.53. The van der Waals surface area contributed by atoms with Gasteiger partial charge in [-0.1, -0.05) is 24.4 Å². The zero-order valence-electron chi connectivity index (χ0n) is 11.4. The molecule has 4 N–H and O–H groups in total. The van der Waals surface area contributed by atoms with Crippen molar-refractivity contribution in [2.75, 3.05) is 20.1 Å². The lowest BCUT2D eigenvalue weighted by Gasteiger charge is -2.40. The van der Waals surface area contributed by atoms with Gasteiger partial charge < -0.3 is 21.1 Å². The summed E-state index contributed by atoms with van der Waals surface area (Å²) in [7, 11) is 2.02. The van der Waals surface area contributed by atoms with Gasteiger partial charge in [0.2, 0.25) is 0 Å². The number of carbonyl (C=O) groups excluding carboxylic acids is 1. The van der Waals surface area contributed by atoms with Crippen molar-refractivity contribution in [3.8, 4) is 5.75 Å². The van der Waals surface area contributed by atoms with Crippen LogP contribution in [0.15, 0.2) is 24.3 Å². The Morgan fingerprint density at radius 1 is 1.40 bits per heavy atom. The molecule has 1 aromatic carbocycles. The number of para-hydroxylation sites is 1. The summed E-state index contributed by atoms with van der Waals surface area (Å²) in [6.45, 7) is 1.64. The summed E-state index contributed by atoms with van der Waals surface area (Å²) in [4.78, 5) is 14.8. The Hall–Kier alpha value is -1.66. The molecule has 0 aliphatic carbocycles. The third-order valence-corrected chi connectivity index (χ3v) is 4.20. The number of amides is 1. The van der Waals surface area contributed by atoms with Gasteiger partial charge in [-0.25, -0.2) is 0 Å². The van der Waals surface area contributed by atoms with Crippen LogP contribution in [0.5, 0.6) is 5.75 Å². The molecule has 6 heteroatoms. The molecule has 1 saturated heterocycles. The zero-order valence-corrected chi connectivity index (χ0v) is 12.2. The SMILES string of the molecule is CN1CCC(NC(=O)c2ccccc2O)(C(N)=S)CC1. The van der Waals surface area contributed by atoms with Crippen molar-refractivity contribution >= 4 is 23.1 Å². The van der Waals surface area contributed by atoms with Gasteiger partial charge in [0, 0.05) is 13.1 Å². The average molecular weight is 293 g/mol. The Bertz CT molecular complexity index is 525. The van der Waals surface area contributed by atoms with Crippen LogP contribution in [0, 0.1) is 0 Å². The van der Waals surface area contributed by atoms with E-state index in [2.05, 4.69) is 10.2 Å². The Morgan fingerprint density at radius 3 is 2.55 bits per heavy atom. The minimum Gasteiger partial charge on any atom is -0.507 e. The highest BCUT2D eigenvalue weighted by Crippen LogP contribution is 2.24. The molecule has 0 unspecified atom stereocenters. The second-order valence-electron chi connectivity index (χ2n) is 5.22. The van der Waals surface area contributed by atoms with Crippen LogP contribution in [-0.4, -0.2) is 46.6 Å². The molecule has 1 heterocycles. The topological polar surface area (TPSA) is 78.6 Å². The number of nitrogens with one attached hydrogen (secondary N) is 1. The van der Waals surface area contributed by atoms with E-state index in [-0.39, 0.29) is 17.2 Å². The maximum Gasteiger partial charge on any atom is 0.255 e. The summed E-state index contributed by atoms with van der Waals surface area (Å²) in [6.07, 6.45) is 1.36. The van der Waals surface area contributed by atoms with E-state index in [9.17, 15) is 9.90 Å². The maximum atomic E-state index is 12.3. The fourth-order valence-corrected chi connectivity index (χ4v) is 2.64. The largest absolute Gasteiger partial charge is 0.507 e. The van der Waals surface area contributed by atoms with Crippen molar-refractivity contribution < 1.29 is 9.90 Å². The van der Waals surface area contributed by atoms with E-state index in [1.165, 1.54) is 6.07 Å². The molecule has 0 atom stereocenters. The van der Waals surface area contributed by atoms with Crippen LogP contribution >= 0.6 is 12.2 Å². The molecule has 0 aromatic heterocycles. The summed E-state index contributed by atoms with van der Waals surface area (Å²) >= 11 is 5.15. The number of hydrogen-bond acceptors (Lipinski definition) is 4. The highest BCUT2D eigenvalue weighted by atomic mass is 32.1. The summed E-state index contributed by atoms with van der Waals surface area (Å²) in [5.74, 6) is -0.392. The average Bonchev–Trinajstić information content (AvgIpc) is 2.41. The van der Waals surface area contributed by atoms with E-state index in [1.54, 1.807) is 18.2 Å². The number of benzene rings is 1. The predicted octanol–water partition coefficient (Wildman–Crippen LogP) is 0.872. The molecule has 1 amide bonds. The fraction of sp³-hybridized carbons (Fsp3) is 0.429. The number of nitrogens with zero attached hydrogens (tertiary/aromatic N) is 1. The number of carbonyl (C=O) groups is 1. The number of thiocarbonyl (C=S) groups is 1. The van der Waals surface area contributed by atoms with Crippen molar-refractivity contribution in [1.82, 2.24) is 10.2 Å². The van der Waals surface area contributed by atoms with Crippen LogP contribution in [0.4, 0.5) is 0 Å². The number of nitrogens with two attached hydrogens (primary N) is 1. The third-order valence-electron chi connectivity index (χ3n) is 3.81. The van der Waals surface area contributed by atoms with Crippen LogP contribution < -0.4 is 11.1 Å². The quantitative estimate of drug-likeness (QED) is 0.721. The molecule has 2 rings (SSSR count). The van der Waals surface area contributed by atoms with Crippen LogP contribution in [-0.2, 0) is 0 Å². The van der Waals surface area contributed by atoms with Gasteiger partial charge in [0.05, 0.1) is 16.1 Å². The minimum absolute atomic E-state index is 0.0454. The summed E-state index contributed by atoms with van der Waals surface area (Å²) in [6, 6.07) is 6.44. The Morgan fingerprint density at radius 2 is 2.00 bits per heavy atom. The van der Waals surface area contributed by atoms with E-state index in [1.807, 2.05) is 7.05 Å². The molecule has 1 aliphatic heterocycles. The van der Waals surface area contributed by atoms with Gasteiger partial charge in [-0.3, -0.25) is 4.79 Å². The van der Waals surface area contributed by atoms with E-state index < -0.39 is 5.54 Å². The summed E-state index contributed by atoms with van der Waals surface area (Å²) in [5.41, 5.74) is 5.42. The Labute approximate surface area is 123 Å². The Balaban J connectivity index is 2.19. The molecule has 0 saturated carbocycles. The molecule has 1 aromatic rings. The second kappa shape index (κ2) is 5.76. The first kappa shape index (κ1) is 14.7. The molecule has 1 fully saturated rings. The normalized spacial score (nSPS) is 18.4. The highest BCUT2D eigenvalue weighted by Gasteiger charge is 2.38. The van der Waals surface area contributed by atoms with Crippen molar-refractivity contribution in [3.05, 3.63) is 29.8 Å². The van der Waals surface area contributed by atoms with Crippen molar-refractivity contribution in [2.24, 2.45) is 5.73 Å². The molecule has 5 nitrogen and oxygen atoms in total. The van der Waals surface area contributed by atoms with E-state index in [0.29, 0.717) is 17.8 Å². The lowest BCUT2D eigenvalue weighted by atomic mass is 9.87. The van der Waals surface area contributed by atoms with Crippen LogP contribution in [0.1, 0.15) is 23.2 Å². The molecule has 0 radical (unpaired) electrons. The summed E-state index contributed by atoms with van der Waals surface area (Å²) in [5, 5.41) is 12.7. The van der Waals surface area contributed by atoms with E-state index in [4.69, 9.17) is 18.0 Å². The number of rotatable bonds is 3. The van der Waals surface area contributed by atoms with Crippen LogP contribution in [0.3, 0.4) is 0 Å². The molecule has 0 bridgehead atoms. The van der Waals surface area contributed by atoms with Gasteiger partial charge in [-0.05, 0) is 32.0 Å². The molecule has 1 aliphatic rings. The van der Waals surface area contributed by atoms with Gasteiger partial charge in [-0.15, -0.1) is 0 Å². The minimum atomic E-state index is -0.665. The number of piperidine rings is 1. The molecule has 0 spiro atoms. The molecule has 20 heavy (non-hydrogen) atoms. The van der Waals surface area contributed by atoms with E-state index in [0.717, 1.165) is 13.1 Å². The lowest BCUT2D eigenvalue weighted by Crippen LogP contribution is -2.61. The molecular formula is C14H19N3O2S. The monoisotopic (exact) mass is 293 g/mol. The zero-order chi connectivity index (χ0) is 14.8. The standard InChI is InChI=1S/C14H19N3O2S/c1-17-8-6-14(7-9-17,13(15)20)16-12(19)10-4-2-3-5-11(10)18/h2-5,18H,6-9H2,1H3,(H2,15,20)(H,16,19). The van der Waals surface area contributed by atoms with Gasteiger partial charge in [0.25, 0.3) is 5.91 Å². The smallest absolute Gasteiger partial charge is 0.255 e. The first-order valence-corrected chi connectivity index (χ1v) is 6.94. The second-order valence-corrected chi connectivity index (χ2v) is 5.66. The number of phenolic OH excluding ortho intramolecular Hbond substituents is 1. The predicted molar refractivity (Wildman–Crippen MR) is 81.8 cm³/mol. The van der Waals surface area contributed by atoms with Crippen molar-refractivity contribution in [2.45, 2.75) is 18.4 Å². The Kier molecular flexibility index (Phi) is 4.25. The van der Waals surface area contributed by atoms with Crippen molar-refractivity contribution in [3.63, 3.8) is 0 Å². The van der Waals surface area contributed by atoms with E-state index >= 15 is 0 Å². The highest BCUT2D eigenvalue weighted by molar-refractivity contribution is 7.80. The van der Waals surface area contributed by atoms with Crippen LogP contribution in [0.25, 0.3) is 0 Å². The van der Waals surface area contributed by atoms with Gasteiger partial charge in [0.1, 0.15) is 5.75 Å². The molecular weight excluding hydrogens is 274 g/mol. The van der Waals surface area contributed by atoms with Gasteiger partial charge in [0.15, 0.2) is 0 Å². The number of hydrogen-bond donors (Lipinski definition) is 3. The number of phenols is 1. The van der Waals surface area contributed by atoms with Crippen molar-refractivity contribution in [1.29, 1.82) is 0 Å². The first-order chi connectivity index (χ1) is 9.44.